The second-order valence-electron chi connectivity index (χ2n) is 5.12. The van der Waals surface area contributed by atoms with Gasteiger partial charge in [0, 0.05) is 32.4 Å². The molecule has 2 amide bonds. The standard InChI is InChI=1S/C15H21N3O2/c1-4-16-13-6-5-11(2)9-12(13)15(20)18-8-7-17(3)14(19)10-18/h5-6,9,16H,4,7-8,10H2,1-3H3. The molecule has 0 saturated carbocycles. The molecule has 0 aliphatic carbocycles. The van der Waals surface area contributed by atoms with Crippen molar-refractivity contribution in [2.45, 2.75) is 13.8 Å². The molecule has 2 rings (SSSR count). The van der Waals surface area contributed by atoms with E-state index in [0.29, 0.717) is 18.7 Å². The number of rotatable bonds is 3. The number of hydrogen-bond acceptors (Lipinski definition) is 3. The van der Waals surface area contributed by atoms with Crippen molar-refractivity contribution in [3.63, 3.8) is 0 Å². The predicted octanol–water partition coefficient (Wildman–Crippen LogP) is 1.34. The Labute approximate surface area is 119 Å². The van der Waals surface area contributed by atoms with Crippen molar-refractivity contribution in [2.75, 3.05) is 38.5 Å². The van der Waals surface area contributed by atoms with Crippen LogP contribution < -0.4 is 5.32 Å². The maximum atomic E-state index is 12.6. The molecule has 1 heterocycles. The van der Waals surface area contributed by atoms with Gasteiger partial charge in [0.2, 0.25) is 5.91 Å². The monoisotopic (exact) mass is 275 g/mol. The fourth-order valence-electron chi connectivity index (χ4n) is 2.28. The first-order valence-electron chi connectivity index (χ1n) is 6.90. The van der Waals surface area contributed by atoms with E-state index >= 15 is 0 Å². The smallest absolute Gasteiger partial charge is 0.256 e. The highest BCUT2D eigenvalue weighted by Crippen LogP contribution is 2.20. The molecule has 5 heteroatoms. The van der Waals surface area contributed by atoms with Gasteiger partial charge in [0.05, 0.1) is 5.56 Å². The van der Waals surface area contributed by atoms with Gasteiger partial charge in [-0.25, -0.2) is 0 Å². The summed E-state index contributed by atoms with van der Waals surface area (Å²) in [7, 11) is 1.76. The number of piperazine rings is 1. The van der Waals surface area contributed by atoms with Crippen LogP contribution in [0.5, 0.6) is 0 Å². The first-order valence-corrected chi connectivity index (χ1v) is 6.90. The minimum atomic E-state index is -0.0777. The third kappa shape index (κ3) is 2.92. The summed E-state index contributed by atoms with van der Waals surface area (Å²) in [6.45, 7) is 6.04. The molecule has 0 bridgehead atoms. The Bertz CT molecular complexity index is 528. The first kappa shape index (κ1) is 14.4. The van der Waals surface area contributed by atoms with E-state index in [1.165, 1.54) is 0 Å². The average molecular weight is 275 g/mol. The molecule has 1 N–H and O–H groups in total. The lowest BCUT2D eigenvalue weighted by Crippen LogP contribution is -2.50. The van der Waals surface area contributed by atoms with Crippen LogP contribution in [0, 0.1) is 6.92 Å². The summed E-state index contributed by atoms with van der Waals surface area (Å²) in [6, 6.07) is 5.77. The number of aryl methyl sites for hydroxylation is 1. The van der Waals surface area contributed by atoms with Crippen molar-refractivity contribution in [3.8, 4) is 0 Å². The molecule has 1 aliphatic rings. The van der Waals surface area contributed by atoms with Gasteiger partial charge in [0.1, 0.15) is 6.54 Å². The van der Waals surface area contributed by atoms with E-state index in [4.69, 9.17) is 0 Å². The predicted molar refractivity (Wildman–Crippen MR) is 78.9 cm³/mol. The van der Waals surface area contributed by atoms with Crippen LogP contribution in [0.25, 0.3) is 0 Å². The van der Waals surface area contributed by atoms with Gasteiger partial charge >= 0.3 is 0 Å². The van der Waals surface area contributed by atoms with Gasteiger partial charge in [-0.15, -0.1) is 0 Å². The van der Waals surface area contributed by atoms with E-state index < -0.39 is 0 Å². The fraction of sp³-hybridized carbons (Fsp3) is 0.467. The molecule has 1 aromatic carbocycles. The molecule has 1 saturated heterocycles. The average Bonchev–Trinajstić information content (AvgIpc) is 2.43. The van der Waals surface area contributed by atoms with Gasteiger partial charge in [-0.3, -0.25) is 9.59 Å². The highest BCUT2D eigenvalue weighted by molar-refractivity contribution is 6.01. The number of anilines is 1. The van der Waals surface area contributed by atoms with Crippen molar-refractivity contribution >= 4 is 17.5 Å². The SMILES string of the molecule is CCNc1ccc(C)cc1C(=O)N1CCN(C)C(=O)C1. The number of carbonyl (C=O) groups is 2. The van der Waals surface area contributed by atoms with Gasteiger partial charge in [-0.05, 0) is 26.0 Å². The molecule has 0 atom stereocenters. The van der Waals surface area contributed by atoms with Crippen LogP contribution in [0.3, 0.4) is 0 Å². The van der Waals surface area contributed by atoms with Gasteiger partial charge in [0.15, 0.2) is 0 Å². The molecule has 0 aromatic heterocycles. The van der Waals surface area contributed by atoms with E-state index in [1.54, 1.807) is 16.8 Å². The Balaban J connectivity index is 2.24. The Hall–Kier alpha value is -2.04. The zero-order chi connectivity index (χ0) is 14.7. The number of benzene rings is 1. The Kier molecular flexibility index (Phi) is 4.27. The number of amides is 2. The van der Waals surface area contributed by atoms with Crippen molar-refractivity contribution in [1.29, 1.82) is 0 Å². The van der Waals surface area contributed by atoms with Crippen molar-refractivity contribution in [2.24, 2.45) is 0 Å². The third-order valence-electron chi connectivity index (χ3n) is 3.52. The maximum absolute atomic E-state index is 12.6. The maximum Gasteiger partial charge on any atom is 0.256 e. The number of hydrogen-bond donors (Lipinski definition) is 1. The van der Waals surface area contributed by atoms with Gasteiger partial charge in [-0.1, -0.05) is 11.6 Å². The summed E-state index contributed by atoms with van der Waals surface area (Å²) in [5.41, 5.74) is 2.51. The van der Waals surface area contributed by atoms with E-state index in [-0.39, 0.29) is 18.4 Å². The summed E-state index contributed by atoms with van der Waals surface area (Å²) in [6.07, 6.45) is 0. The molecule has 1 aromatic rings. The van der Waals surface area contributed by atoms with Crippen LogP contribution in [0.4, 0.5) is 5.69 Å². The zero-order valence-electron chi connectivity index (χ0n) is 12.3. The second kappa shape index (κ2) is 5.94. The summed E-state index contributed by atoms with van der Waals surface area (Å²) in [5.74, 6) is -0.0895. The van der Waals surface area contributed by atoms with E-state index in [0.717, 1.165) is 17.8 Å². The van der Waals surface area contributed by atoms with Crippen LogP contribution in [-0.2, 0) is 4.79 Å². The molecule has 1 aliphatic heterocycles. The molecule has 0 unspecified atom stereocenters. The van der Waals surface area contributed by atoms with Gasteiger partial charge < -0.3 is 15.1 Å². The Morgan fingerprint density at radius 1 is 1.35 bits per heavy atom. The zero-order valence-corrected chi connectivity index (χ0v) is 12.3. The highest BCUT2D eigenvalue weighted by Gasteiger charge is 2.26. The largest absolute Gasteiger partial charge is 0.385 e. The van der Waals surface area contributed by atoms with E-state index in [1.807, 2.05) is 32.0 Å². The normalized spacial score (nSPS) is 15.4. The summed E-state index contributed by atoms with van der Waals surface area (Å²) >= 11 is 0. The van der Waals surface area contributed by atoms with Crippen molar-refractivity contribution in [3.05, 3.63) is 29.3 Å². The lowest BCUT2D eigenvalue weighted by molar-refractivity contribution is -0.133. The van der Waals surface area contributed by atoms with Crippen molar-refractivity contribution in [1.82, 2.24) is 9.80 Å². The molecule has 0 spiro atoms. The van der Waals surface area contributed by atoms with Crippen LogP contribution >= 0.6 is 0 Å². The van der Waals surface area contributed by atoms with Crippen LogP contribution in [0.2, 0.25) is 0 Å². The summed E-state index contributed by atoms with van der Waals surface area (Å²) in [5, 5.41) is 3.20. The fourth-order valence-corrected chi connectivity index (χ4v) is 2.28. The molecular formula is C15H21N3O2. The second-order valence-corrected chi connectivity index (χ2v) is 5.12. The topological polar surface area (TPSA) is 52.7 Å². The Morgan fingerprint density at radius 3 is 2.75 bits per heavy atom. The summed E-state index contributed by atoms with van der Waals surface area (Å²) < 4.78 is 0. The lowest BCUT2D eigenvalue weighted by Gasteiger charge is -2.32. The summed E-state index contributed by atoms with van der Waals surface area (Å²) in [4.78, 5) is 27.6. The number of likely N-dealkylation sites (N-methyl/N-ethyl adjacent to an activating group) is 1. The lowest BCUT2D eigenvalue weighted by atomic mass is 10.1. The van der Waals surface area contributed by atoms with E-state index in [9.17, 15) is 9.59 Å². The van der Waals surface area contributed by atoms with Crippen LogP contribution in [0.15, 0.2) is 18.2 Å². The van der Waals surface area contributed by atoms with Crippen LogP contribution in [-0.4, -0.2) is 54.8 Å². The number of nitrogens with one attached hydrogen (secondary N) is 1. The van der Waals surface area contributed by atoms with Gasteiger partial charge in [0.25, 0.3) is 5.91 Å². The first-order chi connectivity index (χ1) is 9.52. The molecule has 108 valence electrons. The minimum absolute atomic E-state index is 0.0118. The molecule has 1 fully saturated rings. The Morgan fingerprint density at radius 2 is 2.10 bits per heavy atom. The third-order valence-corrected chi connectivity index (χ3v) is 3.52. The molecular weight excluding hydrogens is 254 g/mol. The number of nitrogens with zero attached hydrogens (tertiary/aromatic N) is 2. The quantitative estimate of drug-likeness (QED) is 0.905. The molecule has 5 nitrogen and oxygen atoms in total. The van der Waals surface area contributed by atoms with E-state index in [2.05, 4.69) is 5.32 Å². The van der Waals surface area contributed by atoms with Gasteiger partial charge in [-0.2, -0.15) is 0 Å². The molecule has 20 heavy (non-hydrogen) atoms. The van der Waals surface area contributed by atoms with Crippen molar-refractivity contribution < 1.29 is 9.59 Å². The highest BCUT2D eigenvalue weighted by atomic mass is 16.2. The minimum Gasteiger partial charge on any atom is -0.385 e. The molecule has 0 radical (unpaired) electrons. The number of carbonyl (C=O) groups excluding carboxylic acids is 2. The van der Waals surface area contributed by atoms with Crippen LogP contribution in [0.1, 0.15) is 22.8 Å².